The third-order valence-corrected chi connectivity index (χ3v) is 9.61. The van der Waals surface area contributed by atoms with Gasteiger partial charge >= 0.3 is 0 Å². The Bertz CT molecular complexity index is 1880. The van der Waals surface area contributed by atoms with Crippen molar-refractivity contribution in [3.8, 4) is 11.5 Å². The third kappa shape index (κ3) is 4.48. The Kier molecular flexibility index (Phi) is 7.50. The van der Waals surface area contributed by atoms with Crippen molar-refractivity contribution in [1.29, 1.82) is 0 Å². The van der Waals surface area contributed by atoms with E-state index >= 15 is 0 Å². The van der Waals surface area contributed by atoms with E-state index in [1.54, 1.807) is 0 Å². The standard InChI is InChI=1S/C38H37N5OS/c1-5-41(6-2)28-18-20-32-34(23-28)44-35-24-29(42(7-3)8-4)19-21-33(35)38(32)31-17-10-9-16-30(31)37(45)43(38)40-25-27-14-11-13-26-15-12-22-39-36(26)27/h9-25H,5-8H2,1-4H3/b40-25+. The van der Waals surface area contributed by atoms with Crippen molar-refractivity contribution in [2.24, 2.45) is 5.10 Å². The molecule has 0 saturated carbocycles. The molecule has 1 aromatic heterocycles. The highest BCUT2D eigenvalue weighted by molar-refractivity contribution is 7.80. The lowest BCUT2D eigenvalue weighted by molar-refractivity contribution is 0.269. The summed E-state index contributed by atoms with van der Waals surface area (Å²) in [6.07, 6.45) is 3.72. The van der Waals surface area contributed by atoms with Gasteiger partial charge in [-0.25, -0.2) is 5.01 Å². The number of thiocarbonyl (C=S) groups is 1. The van der Waals surface area contributed by atoms with E-state index in [0.717, 1.165) is 87.8 Å². The Morgan fingerprint density at radius 3 is 2.02 bits per heavy atom. The summed E-state index contributed by atoms with van der Waals surface area (Å²) in [5, 5.41) is 8.34. The predicted molar refractivity (Wildman–Crippen MR) is 189 cm³/mol. The molecule has 0 fully saturated rings. The van der Waals surface area contributed by atoms with Crippen LogP contribution in [0.5, 0.6) is 11.5 Å². The van der Waals surface area contributed by atoms with Crippen molar-refractivity contribution in [2.75, 3.05) is 36.0 Å². The van der Waals surface area contributed by atoms with Gasteiger partial charge in [0.15, 0.2) is 0 Å². The molecule has 3 heterocycles. The van der Waals surface area contributed by atoms with Crippen molar-refractivity contribution in [1.82, 2.24) is 9.99 Å². The van der Waals surface area contributed by atoms with E-state index in [-0.39, 0.29) is 0 Å². The van der Waals surface area contributed by atoms with Gasteiger partial charge in [0.2, 0.25) is 0 Å². The summed E-state index contributed by atoms with van der Waals surface area (Å²) < 4.78 is 6.86. The highest BCUT2D eigenvalue weighted by Crippen LogP contribution is 2.58. The number of benzene rings is 4. The summed E-state index contributed by atoms with van der Waals surface area (Å²) >= 11 is 6.27. The Balaban J connectivity index is 1.50. The molecule has 7 heteroatoms. The number of pyridine rings is 1. The molecule has 0 saturated heterocycles. The highest BCUT2D eigenvalue weighted by atomic mass is 32.1. The molecule has 0 atom stereocenters. The average Bonchev–Trinajstić information content (AvgIpc) is 3.32. The number of hydrogen-bond donors (Lipinski definition) is 0. The first-order chi connectivity index (χ1) is 22.0. The molecule has 0 unspecified atom stereocenters. The van der Waals surface area contributed by atoms with Crippen molar-refractivity contribution >= 4 is 45.7 Å². The van der Waals surface area contributed by atoms with Gasteiger partial charge in [-0.2, -0.15) is 5.10 Å². The summed E-state index contributed by atoms with van der Waals surface area (Å²) in [6, 6.07) is 31.8. The molecule has 5 aromatic rings. The molecule has 0 aliphatic carbocycles. The van der Waals surface area contributed by atoms with Crippen LogP contribution in [0, 0.1) is 0 Å². The van der Waals surface area contributed by atoms with Crippen LogP contribution in [-0.2, 0) is 5.54 Å². The second-order valence-electron chi connectivity index (χ2n) is 11.3. The maximum atomic E-state index is 6.86. The molecular formula is C38H37N5OS. The molecular weight excluding hydrogens is 575 g/mol. The third-order valence-electron chi connectivity index (χ3n) is 9.22. The number of hydrazone groups is 1. The number of nitrogens with zero attached hydrogens (tertiary/aromatic N) is 5. The Morgan fingerprint density at radius 1 is 0.756 bits per heavy atom. The van der Waals surface area contributed by atoms with Gasteiger partial charge in [0.05, 0.1) is 11.7 Å². The first kappa shape index (κ1) is 29.0. The lowest BCUT2D eigenvalue weighted by atomic mass is 9.75. The predicted octanol–water partition coefficient (Wildman–Crippen LogP) is 8.35. The minimum atomic E-state index is -0.825. The van der Waals surface area contributed by atoms with Crippen LogP contribution in [0.15, 0.2) is 102 Å². The van der Waals surface area contributed by atoms with Crippen molar-refractivity contribution in [2.45, 2.75) is 33.2 Å². The van der Waals surface area contributed by atoms with Crippen LogP contribution >= 0.6 is 12.2 Å². The molecule has 226 valence electrons. The molecule has 7 rings (SSSR count). The molecule has 0 N–H and O–H groups in total. The summed E-state index contributed by atoms with van der Waals surface area (Å²) in [6.45, 7) is 12.4. The van der Waals surface area contributed by atoms with Gasteiger partial charge < -0.3 is 14.5 Å². The van der Waals surface area contributed by atoms with E-state index in [1.807, 2.05) is 29.6 Å². The lowest BCUT2D eigenvalue weighted by Crippen LogP contribution is -2.44. The van der Waals surface area contributed by atoms with Crippen LogP contribution in [-0.4, -0.2) is 47.4 Å². The van der Waals surface area contributed by atoms with Crippen molar-refractivity contribution < 1.29 is 4.74 Å². The largest absolute Gasteiger partial charge is 0.456 e. The summed E-state index contributed by atoms with van der Waals surface area (Å²) in [5.74, 6) is 1.63. The maximum Gasteiger partial charge on any atom is 0.147 e. The fourth-order valence-corrected chi connectivity index (χ4v) is 7.36. The minimum absolute atomic E-state index is 0.675. The quantitative estimate of drug-likeness (QED) is 0.130. The van der Waals surface area contributed by atoms with Gasteiger partial charge in [-0.3, -0.25) is 4.98 Å². The van der Waals surface area contributed by atoms with E-state index in [1.165, 1.54) is 0 Å². The van der Waals surface area contributed by atoms with Crippen LogP contribution < -0.4 is 14.5 Å². The molecule has 0 radical (unpaired) electrons. The van der Waals surface area contributed by atoms with Gasteiger partial charge in [0.25, 0.3) is 0 Å². The van der Waals surface area contributed by atoms with Crippen LogP contribution in [0.1, 0.15) is 55.5 Å². The number of rotatable bonds is 8. The highest BCUT2D eigenvalue weighted by Gasteiger charge is 2.55. The van der Waals surface area contributed by atoms with Gasteiger partial charge in [0.1, 0.15) is 22.0 Å². The molecule has 2 aliphatic rings. The van der Waals surface area contributed by atoms with Crippen LogP contribution in [0.2, 0.25) is 0 Å². The number of fused-ring (bicyclic) bond motifs is 7. The topological polar surface area (TPSA) is 44.2 Å². The Morgan fingerprint density at radius 2 is 1.38 bits per heavy atom. The second kappa shape index (κ2) is 11.6. The normalized spacial score (nSPS) is 14.4. The number of para-hydroxylation sites is 1. The first-order valence-corrected chi connectivity index (χ1v) is 16.2. The van der Waals surface area contributed by atoms with Crippen molar-refractivity contribution in [3.63, 3.8) is 0 Å². The van der Waals surface area contributed by atoms with Crippen molar-refractivity contribution in [3.05, 3.63) is 125 Å². The van der Waals surface area contributed by atoms with Crippen LogP contribution in [0.4, 0.5) is 11.4 Å². The molecule has 1 spiro atoms. The van der Waals surface area contributed by atoms with Gasteiger partial charge in [-0.05, 0) is 51.5 Å². The SMILES string of the molecule is CCN(CC)c1ccc2c(c1)Oc1cc(N(CC)CC)ccc1C21c2ccccc2C(=S)N1/N=C/c1cccc2cccnc12. The van der Waals surface area contributed by atoms with E-state index < -0.39 is 5.54 Å². The number of anilines is 2. The van der Waals surface area contributed by atoms with Gasteiger partial charge in [0, 0.05) is 83.5 Å². The van der Waals surface area contributed by atoms with Gasteiger partial charge in [-0.1, -0.05) is 72.9 Å². The zero-order chi connectivity index (χ0) is 31.1. The molecule has 4 aromatic carbocycles. The molecule has 0 amide bonds. The summed E-state index contributed by atoms with van der Waals surface area (Å²) in [7, 11) is 0. The molecule has 0 bridgehead atoms. The van der Waals surface area contributed by atoms with E-state index in [4.69, 9.17) is 22.1 Å². The van der Waals surface area contributed by atoms with E-state index in [9.17, 15) is 0 Å². The number of ether oxygens (including phenoxy) is 1. The number of aromatic nitrogens is 1. The van der Waals surface area contributed by atoms with Gasteiger partial charge in [-0.15, -0.1) is 0 Å². The zero-order valence-corrected chi connectivity index (χ0v) is 27.0. The first-order valence-electron chi connectivity index (χ1n) is 15.8. The summed E-state index contributed by atoms with van der Waals surface area (Å²) in [5.41, 5.74) is 7.40. The lowest BCUT2D eigenvalue weighted by Gasteiger charge is -2.43. The molecule has 6 nitrogen and oxygen atoms in total. The zero-order valence-electron chi connectivity index (χ0n) is 26.2. The van der Waals surface area contributed by atoms with Crippen LogP contribution in [0.25, 0.3) is 10.9 Å². The smallest absolute Gasteiger partial charge is 0.147 e. The number of hydrogen-bond acceptors (Lipinski definition) is 6. The van der Waals surface area contributed by atoms with Crippen LogP contribution in [0.3, 0.4) is 0 Å². The molecule has 45 heavy (non-hydrogen) atoms. The summed E-state index contributed by atoms with van der Waals surface area (Å²) in [4.78, 5) is 10.0. The second-order valence-corrected chi connectivity index (χ2v) is 11.7. The van der Waals surface area contributed by atoms with E-state index in [2.05, 4.69) is 121 Å². The average molecular weight is 612 g/mol. The Hall–Kier alpha value is -4.75. The fourth-order valence-electron chi connectivity index (χ4n) is 7.00. The monoisotopic (exact) mass is 611 g/mol. The Labute approximate surface area is 270 Å². The molecule has 2 aliphatic heterocycles. The van der Waals surface area contributed by atoms with E-state index in [0.29, 0.717) is 4.99 Å². The maximum absolute atomic E-state index is 6.86. The minimum Gasteiger partial charge on any atom is -0.456 e. The fraction of sp³-hybridized carbons (Fsp3) is 0.237.